The van der Waals surface area contributed by atoms with E-state index in [4.69, 9.17) is 16.6 Å². The molecule has 0 amide bonds. The van der Waals surface area contributed by atoms with Crippen LogP contribution in [0.15, 0.2) is 78.9 Å². The van der Waals surface area contributed by atoms with Crippen LogP contribution < -0.4 is 0 Å². The molecule has 0 aliphatic heterocycles. The minimum atomic E-state index is -4.50. The fourth-order valence-corrected chi connectivity index (χ4v) is 5.90. The average molecular weight is 527 g/mol. The SMILES string of the molecule is CC(C)(C)c1cc2c3ccccc3c3nc(-c4cc(C(F)(F)F)ccc4Cl)c4c5ccccc5c(c1)c2n34. The van der Waals surface area contributed by atoms with Gasteiger partial charge in [-0.2, -0.15) is 13.2 Å². The molecule has 0 spiro atoms. The van der Waals surface area contributed by atoms with E-state index in [2.05, 4.69) is 49.4 Å². The summed E-state index contributed by atoms with van der Waals surface area (Å²) in [4.78, 5) is 5.03. The second-order valence-electron chi connectivity index (χ2n) is 10.9. The van der Waals surface area contributed by atoms with Gasteiger partial charge in [0.25, 0.3) is 0 Å². The van der Waals surface area contributed by atoms with E-state index in [0.717, 1.165) is 55.5 Å². The predicted molar refractivity (Wildman–Crippen MR) is 151 cm³/mol. The maximum atomic E-state index is 13.7. The molecule has 0 aliphatic rings. The second-order valence-corrected chi connectivity index (χ2v) is 11.3. The first-order valence-corrected chi connectivity index (χ1v) is 12.8. The molecule has 0 aliphatic carbocycles. The Balaban J connectivity index is 1.78. The summed E-state index contributed by atoms with van der Waals surface area (Å²) in [6.07, 6.45) is -4.50. The number of nitrogens with zero attached hydrogens (tertiary/aromatic N) is 2. The van der Waals surface area contributed by atoms with Gasteiger partial charge in [-0.25, -0.2) is 4.98 Å². The summed E-state index contributed by atoms with van der Waals surface area (Å²) < 4.78 is 43.3. The number of aromatic nitrogens is 2. The molecule has 0 N–H and O–H groups in total. The van der Waals surface area contributed by atoms with Gasteiger partial charge in [-0.05, 0) is 52.1 Å². The van der Waals surface area contributed by atoms with Gasteiger partial charge in [0.2, 0.25) is 0 Å². The molecule has 0 bridgehead atoms. The Labute approximate surface area is 221 Å². The maximum Gasteiger partial charge on any atom is 0.416 e. The van der Waals surface area contributed by atoms with Crippen LogP contribution in [0.2, 0.25) is 5.02 Å². The first-order valence-electron chi connectivity index (χ1n) is 12.4. The molecule has 0 saturated heterocycles. The van der Waals surface area contributed by atoms with E-state index in [1.165, 1.54) is 11.6 Å². The predicted octanol–water partition coefficient (Wildman–Crippen LogP) is 10.0. The number of fused-ring (bicyclic) bond motifs is 6. The monoisotopic (exact) mass is 526 g/mol. The Hall–Kier alpha value is -3.83. The van der Waals surface area contributed by atoms with Gasteiger partial charge in [-0.3, -0.25) is 4.40 Å². The largest absolute Gasteiger partial charge is 0.416 e. The van der Waals surface area contributed by atoms with Gasteiger partial charge in [-0.1, -0.05) is 80.9 Å². The molecule has 7 aromatic rings. The number of benzene rings is 4. The van der Waals surface area contributed by atoms with Crippen molar-refractivity contribution in [3.8, 4) is 11.3 Å². The Morgan fingerprint density at radius 1 is 0.658 bits per heavy atom. The molecular formula is C32H22ClF3N2. The van der Waals surface area contributed by atoms with Gasteiger partial charge < -0.3 is 0 Å². The summed E-state index contributed by atoms with van der Waals surface area (Å²) in [5, 5.41) is 6.34. The third kappa shape index (κ3) is 3.18. The minimum absolute atomic E-state index is 0.0817. The smallest absolute Gasteiger partial charge is 0.290 e. The zero-order valence-corrected chi connectivity index (χ0v) is 21.7. The minimum Gasteiger partial charge on any atom is -0.290 e. The van der Waals surface area contributed by atoms with E-state index < -0.39 is 11.7 Å². The van der Waals surface area contributed by atoms with Gasteiger partial charge in [0, 0.05) is 27.1 Å². The number of halogens is 4. The van der Waals surface area contributed by atoms with E-state index in [9.17, 15) is 13.2 Å². The second kappa shape index (κ2) is 7.61. The van der Waals surface area contributed by atoms with E-state index >= 15 is 0 Å². The topological polar surface area (TPSA) is 17.3 Å². The normalized spacial score (nSPS) is 13.1. The Bertz CT molecular complexity index is 2040. The summed E-state index contributed by atoms with van der Waals surface area (Å²) in [6, 6.07) is 24.0. The van der Waals surface area contributed by atoms with Crippen molar-refractivity contribution in [2.24, 2.45) is 0 Å². The zero-order chi connectivity index (χ0) is 26.6. The molecule has 0 radical (unpaired) electrons. The highest BCUT2D eigenvalue weighted by Gasteiger charge is 2.32. The highest BCUT2D eigenvalue weighted by molar-refractivity contribution is 6.34. The van der Waals surface area contributed by atoms with Gasteiger partial charge >= 0.3 is 6.18 Å². The number of imidazole rings is 1. The Kier molecular flexibility index (Phi) is 4.66. The summed E-state index contributed by atoms with van der Waals surface area (Å²) >= 11 is 6.57. The van der Waals surface area contributed by atoms with Crippen molar-refractivity contribution in [1.29, 1.82) is 0 Å². The zero-order valence-electron chi connectivity index (χ0n) is 20.9. The van der Waals surface area contributed by atoms with E-state index in [1.807, 2.05) is 36.4 Å². The quantitative estimate of drug-likeness (QED) is 0.154. The molecule has 0 saturated carbocycles. The van der Waals surface area contributed by atoms with E-state index in [-0.39, 0.29) is 16.0 Å². The first-order chi connectivity index (χ1) is 18.0. The van der Waals surface area contributed by atoms with Crippen LogP contribution in [-0.2, 0) is 11.6 Å². The number of rotatable bonds is 1. The third-order valence-electron chi connectivity index (χ3n) is 7.56. The van der Waals surface area contributed by atoms with Crippen LogP contribution in [0.3, 0.4) is 0 Å². The lowest BCUT2D eigenvalue weighted by Gasteiger charge is -2.23. The van der Waals surface area contributed by atoms with Crippen molar-refractivity contribution in [3.05, 3.63) is 95.0 Å². The van der Waals surface area contributed by atoms with Crippen molar-refractivity contribution >= 4 is 60.6 Å². The standard InChI is InChI=1S/C32H22ClF3N2/c1-31(2,3)18-15-23-19-8-4-6-10-21(19)29-27(25-14-17(32(34,35)36)12-13-26(25)33)37-30-22-11-7-5-9-20(22)24(16-18)28(23)38(29)30/h4-16H,1-3H3. The number of alkyl halides is 3. The number of hydrogen-bond acceptors (Lipinski definition) is 1. The van der Waals surface area contributed by atoms with Crippen LogP contribution in [0, 0.1) is 0 Å². The average Bonchev–Trinajstić information content (AvgIpc) is 3.28. The van der Waals surface area contributed by atoms with Gasteiger partial charge in [0.05, 0.1) is 27.3 Å². The van der Waals surface area contributed by atoms with Gasteiger partial charge in [0.15, 0.2) is 0 Å². The Morgan fingerprint density at radius 3 is 1.84 bits per heavy atom. The van der Waals surface area contributed by atoms with Crippen molar-refractivity contribution < 1.29 is 13.2 Å². The molecule has 3 aromatic heterocycles. The molecule has 3 heterocycles. The number of pyridine rings is 2. The summed E-state index contributed by atoms with van der Waals surface area (Å²) in [6.45, 7) is 6.60. The lowest BCUT2D eigenvalue weighted by molar-refractivity contribution is -0.137. The van der Waals surface area contributed by atoms with Crippen LogP contribution in [0.25, 0.3) is 60.3 Å². The van der Waals surface area contributed by atoms with Crippen molar-refractivity contribution in [2.75, 3.05) is 0 Å². The van der Waals surface area contributed by atoms with Crippen LogP contribution in [0.5, 0.6) is 0 Å². The molecule has 38 heavy (non-hydrogen) atoms. The molecule has 188 valence electrons. The van der Waals surface area contributed by atoms with Crippen LogP contribution in [-0.4, -0.2) is 9.38 Å². The number of hydrogen-bond donors (Lipinski definition) is 0. The summed E-state index contributed by atoms with van der Waals surface area (Å²) in [5.41, 5.74) is 3.54. The summed E-state index contributed by atoms with van der Waals surface area (Å²) in [7, 11) is 0. The molecular weight excluding hydrogens is 505 g/mol. The molecule has 4 aromatic carbocycles. The van der Waals surface area contributed by atoms with Crippen molar-refractivity contribution in [3.63, 3.8) is 0 Å². The van der Waals surface area contributed by atoms with E-state index in [1.54, 1.807) is 0 Å². The van der Waals surface area contributed by atoms with Crippen LogP contribution in [0.1, 0.15) is 31.9 Å². The molecule has 0 fully saturated rings. The lowest BCUT2D eigenvalue weighted by Crippen LogP contribution is -2.11. The molecule has 0 atom stereocenters. The molecule has 0 unspecified atom stereocenters. The Morgan fingerprint density at radius 2 is 1.24 bits per heavy atom. The highest BCUT2D eigenvalue weighted by Crippen LogP contribution is 2.45. The fourth-order valence-electron chi connectivity index (χ4n) is 5.69. The highest BCUT2D eigenvalue weighted by atomic mass is 35.5. The fraction of sp³-hybridized carbons (Fsp3) is 0.156. The molecule has 6 heteroatoms. The summed E-state index contributed by atoms with van der Waals surface area (Å²) in [5.74, 6) is 0. The third-order valence-corrected chi connectivity index (χ3v) is 7.89. The van der Waals surface area contributed by atoms with Crippen molar-refractivity contribution in [1.82, 2.24) is 9.38 Å². The van der Waals surface area contributed by atoms with Crippen molar-refractivity contribution in [2.45, 2.75) is 32.4 Å². The van der Waals surface area contributed by atoms with E-state index in [0.29, 0.717) is 11.3 Å². The van der Waals surface area contributed by atoms with Gasteiger partial charge in [0.1, 0.15) is 5.65 Å². The molecule has 7 rings (SSSR count). The van der Waals surface area contributed by atoms with Crippen LogP contribution >= 0.6 is 11.6 Å². The van der Waals surface area contributed by atoms with Gasteiger partial charge in [-0.15, -0.1) is 0 Å². The van der Waals surface area contributed by atoms with Crippen LogP contribution in [0.4, 0.5) is 13.2 Å². The molecule has 2 nitrogen and oxygen atoms in total. The maximum absolute atomic E-state index is 13.7. The first kappa shape index (κ1) is 23.3. The lowest BCUT2D eigenvalue weighted by atomic mass is 9.84.